The third kappa shape index (κ3) is 2.97. The fraction of sp³-hybridized carbons (Fsp3) is 0.0909. The Morgan fingerprint density at radius 2 is 2.21 bits per heavy atom. The van der Waals surface area contributed by atoms with Crippen molar-refractivity contribution in [1.82, 2.24) is 9.55 Å². The molecule has 0 fully saturated rings. The molecule has 0 radical (unpaired) electrons. The van der Waals surface area contributed by atoms with Gasteiger partial charge < -0.3 is 10.3 Å². The quantitative estimate of drug-likeness (QED) is 0.681. The highest BCUT2D eigenvalue weighted by molar-refractivity contribution is 9.10. The maximum atomic E-state index is 11.9. The summed E-state index contributed by atoms with van der Waals surface area (Å²) >= 11 is 3.01. The van der Waals surface area contributed by atoms with Gasteiger partial charge >= 0.3 is 0 Å². The van der Waals surface area contributed by atoms with Crippen LogP contribution < -0.4 is 11.3 Å². The minimum Gasteiger partial charge on any atom is -0.384 e. The first-order chi connectivity index (χ1) is 8.97. The van der Waals surface area contributed by atoms with E-state index >= 15 is 0 Å². The minimum absolute atomic E-state index is 0.115. The molecule has 0 saturated carbocycles. The van der Waals surface area contributed by atoms with Gasteiger partial charge in [0.05, 0.1) is 27.8 Å². The van der Waals surface area contributed by atoms with Gasteiger partial charge in [0.2, 0.25) is 0 Å². The highest BCUT2D eigenvalue weighted by atomic mass is 79.9. The van der Waals surface area contributed by atoms with Crippen LogP contribution in [-0.4, -0.2) is 14.5 Å². The lowest BCUT2D eigenvalue weighted by Gasteiger charge is -2.06. The van der Waals surface area contributed by atoms with Crippen LogP contribution in [0.1, 0.15) is 5.69 Å². The zero-order chi connectivity index (χ0) is 14.0. The standard InChI is InChI=1S/C11H9BrN4O3/c12-9-4-8(16(18)19)6-15(11(9)17)5-7-2-1-3-10(13)14-7/h1-4,6H,5H2,(H2,13,14). The third-order valence-corrected chi connectivity index (χ3v) is 2.97. The van der Waals surface area contributed by atoms with Crippen molar-refractivity contribution in [3.63, 3.8) is 0 Å². The zero-order valence-electron chi connectivity index (χ0n) is 9.62. The Hall–Kier alpha value is -2.22. The van der Waals surface area contributed by atoms with Crippen LogP contribution in [0.25, 0.3) is 0 Å². The molecule has 0 aliphatic heterocycles. The smallest absolute Gasteiger partial charge is 0.286 e. The topological polar surface area (TPSA) is 104 Å². The summed E-state index contributed by atoms with van der Waals surface area (Å²) in [6.07, 6.45) is 1.18. The van der Waals surface area contributed by atoms with Crippen molar-refractivity contribution >= 4 is 27.4 Å². The molecule has 2 aromatic heterocycles. The number of aromatic nitrogens is 2. The maximum absolute atomic E-state index is 11.9. The molecule has 2 aromatic rings. The molecule has 2 N–H and O–H groups in total. The zero-order valence-corrected chi connectivity index (χ0v) is 11.2. The summed E-state index contributed by atoms with van der Waals surface area (Å²) in [5, 5.41) is 10.8. The Balaban J connectivity index is 2.45. The summed E-state index contributed by atoms with van der Waals surface area (Å²) in [6.45, 7) is 0.115. The van der Waals surface area contributed by atoms with Gasteiger partial charge in [-0.25, -0.2) is 4.98 Å². The van der Waals surface area contributed by atoms with Crippen molar-refractivity contribution in [2.45, 2.75) is 6.54 Å². The maximum Gasteiger partial charge on any atom is 0.286 e. The molecule has 0 aliphatic carbocycles. The molecule has 0 spiro atoms. The van der Waals surface area contributed by atoms with Crippen LogP contribution in [0.5, 0.6) is 0 Å². The minimum atomic E-state index is -0.562. The number of rotatable bonds is 3. The number of hydrogen-bond donors (Lipinski definition) is 1. The van der Waals surface area contributed by atoms with E-state index in [1.807, 2.05) is 0 Å². The molecular weight excluding hydrogens is 316 g/mol. The SMILES string of the molecule is Nc1cccc(Cn2cc([N+](=O)[O-])cc(Br)c2=O)n1. The van der Waals surface area contributed by atoms with E-state index in [1.54, 1.807) is 18.2 Å². The van der Waals surface area contributed by atoms with Gasteiger partial charge in [-0.2, -0.15) is 0 Å². The second-order valence-electron chi connectivity index (χ2n) is 3.79. The number of hydrogen-bond acceptors (Lipinski definition) is 5. The molecule has 2 heterocycles. The molecule has 0 unspecified atom stereocenters. The second-order valence-corrected chi connectivity index (χ2v) is 4.64. The highest BCUT2D eigenvalue weighted by Crippen LogP contribution is 2.15. The van der Waals surface area contributed by atoms with Gasteiger partial charge in [-0.15, -0.1) is 0 Å². The first-order valence-corrected chi connectivity index (χ1v) is 6.02. The van der Waals surface area contributed by atoms with Crippen LogP contribution >= 0.6 is 15.9 Å². The first kappa shape index (κ1) is 13.2. The van der Waals surface area contributed by atoms with Crippen LogP contribution in [-0.2, 0) is 6.54 Å². The summed E-state index contributed by atoms with van der Waals surface area (Å²) in [6, 6.07) is 6.19. The highest BCUT2D eigenvalue weighted by Gasteiger charge is 2.12. The summed E-state index contributed by atoms with van der Waals surface area (Å²) in [5.74, 6) is 0.329. The number of nitrogens with zero attached hydrogens (tertiary/aromatic N) is 3. The van der Waals surface area contributed by atoms with Crippen molar-refractivity contribution < 1.29 is 4.92 Å². The Kier molecular flexibility index (Phi) is 3.61. The third-order valence-electron chi connectivity index (χ3n) is 2.40. The Morgan fingerprint density at radius 3 is 2.84 bits per heavy atom. The van der Waals surface area contributed by atoms with Crippen molar-refractivity contribution in [3.8, 4) is 0 Å². The largest absolute Gasteiger partial charge is 0.384 e. The van der Waals surface area contributed by atoms with E-state index in [4.69, 9.17) is 5.73 Å². The number of anilines is 1. The van der Waals surface area contributed by atoms with E-state index in [1.165, 1.54) is 16.8 Å². The number of nitro groups is 1. The van der Waals surface area contributed by atoms with Crippen LogP contribution in [0.15, 0.2) is 39.7 Å². The molecule has 0 saturated heterocycles. The van der Waals surface area contributed by atoms with Gasteiger partial charge in [-0.3, -0.25) is 14.9 Å². The van der Waals surface area contributed by atoms with Crippen molar-refractivity contribution in [1.29, 1.82) is 0 Å². The average molecular weight is 325 g/mol. The predicted molar refractivity (Wildman–Crippen MR) is 72.8 cm³/mol. The average Bonchev–Trinajstić information content (AvgIpc) is 2.34. The molecule has 0 bridgehead atoms. The predicted octanol–water partition coefficient (Wildman–Crippen LogP) is 1.54. The molecule has 8 heteroatoms. The van der Waals surface area contributed by atoms with Crippen molar-refractivity contribution in [2.75, 3.05) is 5.73 Å². The molecule has 0 atom stereocenters. The van der Waals surface area contributed by atoms with E-state index in [-0.39, 0.29) is 22.3 Å². The van der Waals surface area contributed by atoms with Crippen LogP contribution in [0.4, 0.5) is 11.5 Å². The molecule has 2 rings (SSSR count). The second kappa shape index (κ2) is 5.19. The van der Waals surface area contributed by atoms with E-state index in [0.29, 0.717) is 11.5 Å². The van der Waals surface area contributed by atoms with Gasteiger partial charge in [0.1, 0.15) is 5.82 Å². The fourth-order valence-corrected chi connectivity index (χ4v) is 2.02. The monoisotopic (exact) mass is 324 g/mol. The van der Waals surface area contributed by atoms with Gasteiger partial charge in [0, 0.05) is 6.07 Å². The summed E-state index contributed by atoms with van der Waals surface area (Å²) in [7, 11) is 0. The lowest BCUT2D eigenvalue weighted by Crippen LogP contribution is -2.21. The molecule has 19 heavy (non-hydrogen) atoms. The van der Waals surface area contributed by atoms with E-state index < -0.39 is 4.92 Å². The molecule has 7 nitrogen and oxygen atoms in total. The van der Waals surface area contributed by atoms with Gasteiger partial charge in [-0.1, -0.05) is 6.07 Å². The first-order valence-electron chi connectivity index (χ1n) is 5.23. The van der Waals surface area contributed by atoms with Crippen LogP contribution in [0, 0.1) is 10.1 Å². The molecule has 0 aliphatic rings. The number of halogens is 1. The van der Waals surface area contributed by atoms with Gasteiger partial charge in [0.25, 0.3) is 11.2 Å². The number of nitrogens with two attached hydrogens (primary N) is 1. The van der Waals surface area contributed by atoms with Crippen molar-refractivity contribution in [3.05, 3.63) is 61.1 Å². The lowest BCUT2D eigenvalue weighted by molar-refractivity contribution is -0.385. The molecule has 0 amide bonds. The van der Waals surface area contributed by atoms with Crippen LogP contribution in [0.2, 0.25) is 0 Å². The molecule has 0 aromatic carbocycles. The Morgan fingerprint density at radius 1 is 1.47 bits per heavy atom. The van der Waals surface area contributed by atoms with Crippen molar-refractivity contribution in [2.24, 2.45) is 0 Å². The molecule has 98 valence electrons. The van der Waals surface area contributed by atoms with Crippen LogP contribution in [0.3, 0.4) is 0 Å². The van der Waals surface area contributed by atoms with Gasteiger partial charge in [0.15, 0.2) is 0 Å². The van der Waals surface area contributed by atoms with E-state index in [0.717, 1.165) is 0 Å². The number of pyridine rings is 2. The summed E-state index contributed by atoms with van der Waals surface area (Å²) in [4.78, 5) is 26.1. The summed E-state index contributed by atoms with van der Waals surface area (Å²) in [5.41, 5.74) is 5.56. The van der Waals surface area contributed by atoms with E-state index in [2.05, 4.69) is 20.9 Å². The fourth-order valence-electron chi connectivity index (χ4n) is 1.56. The lowest BCUT2D eigenvalue weighted by atomic mass is 10.3. The van der Waals surface area contributed by atoms with E-state index in [9.17, 15) is 14.9 Å². The summed E-state index contributed by atoms with van der Waals surface area (Å²) < 4.78 is 1.34. The Labute approximate surface area is 116 Å². The van der Waals surface area contributed by atoms with Gasteiger partial charge in [-0.05, 0) is 28.1 Å². The Bertz CT molecular complexity index is 699. The normalized spacial score (nSPS) is 10.4. The molecular formula is C11H9BrN4O3. The number of nitrogen functional groups attached to an aromatic ring is 1.